The minimum Gasteiger partial charge on any atom is -0.376 e. The van der Waals surface area contributed by atoms with Crippen molar-refractivity contribution in [2.75, 3.05) is 5.32 Å². The van der Waals surface area contributed by atoms with E-state index in [1.54, 1.807) is 37.3 Å². The predicted octanol–water partition coefficient (Wildman–Crippen LogP) is 6.34. The molecule has 128 valence electrons. The summed E-state index contributed by atoms with van der Waals surface area (Å²) in [6.45, 7) is 1.71. The van der Waals surface area contributed by atoms with E-state index in [9.17, 15) is 13.2 Å². The van der Waals surface area contributed by atoms with E-state index in [0.29, 0.717) is 21.7 Å². The standard InChI is InChI=1S/C20H15ClF3N/c1-12-5-8-18(23)20(19(12)24)25-11-15-9-14(6-7-17(15)21)13-3-2-4-16(22)10-13/h2-10,25H,11H2,1H3. The average Bonchev–Trinajstić information content (AvgIpc) is 2.60. The molecule has 1 N–H and O–H groups in total. The van der Waals surface area contributed by atoms with Crippen molar-refractivity contribution in [2.45, 2.75) is 13.5 Å². The number of nitrogens with one attached hydrogen (secondary N) is 1. The molecule has 0 aliphatic heterocycles. The molecule has 25 heavy (non-hydrogen) atoms. The summed E-state index contributed by atoms with van der Waals surface area (Å²) in [4.78, 5) is 0. The molecule has 0 fully saturated rings. The van der Waals surface area contributed by atoms with Crippen molar-refractivity contribution in [3.63, 3.8) is 0 Å². The second-order valence-electron chi connectivity index (χ2n) is 5.72. The quantitative estimate of drug-likeness (QED) is 0.571. The van der Waals surface area contributed by atoms with E-state index < -0.39 is 11.6 Å². The van der Waals surface area contributed by atoms with E-state index in [1.165, 1.54) is 24.3 Å². The van der Waals surface area contributed by atoms with Gasteiger partial charge in [-0.2, -0.15) is 0 Å². The maximum Gasteiger partial charge on any atom is 0.152 e. The molecule has 0 spiro atoms. The van der Waals surface area contributed by atoms with E-state index in [2.05, 4.69) is 5.32 Å². The van der Waals surface area contributed by atoms with Gasteiger partial charge < -0.3 is 5.32 Å². The summed E-state index contributed by atoms with van der Waals surface area (Å²) < 4.78 is 41.3. The highest BCUT2D eigenvalue weighted by molar-refractivity contribution is 6.31. The number of aryl methyl sites for hydroxylation is 1. The molecule has 5 heteroatoms. The third-order valence-corrected chi connectivity index (χ3v) is 4.31. The summed E-state index contributed by atoms with van der Waals surface area (Å²) in [5, 5.41) is 3.22. The van der Waals surface area contributed by atoms with Crippen LogP contribution >= 0.6 is 11.6 Å². The van der Waals surface area contributed by atoms with Gasteiger partial charge in [-0.3, -0.25) is 0 Å². The van der Waals surface area contributed by atoms with E-state index in [1.807, 2.05) is 0 Å². The maximum atomic E-state index is 14.1. The largest absolute Gasteiger partial charge is 0.376 e. The Hall–Kier alpha value is -2.46. The topological polar surface area (TPSA) is 12.0 Å². The summed E-state index contributed by atoms with van der Waals surface area (Å²) in [5.41, 5.74) is 2.29. The van der Waals surface area contributed by atoms with Crippen LogP contribution in [0.3, 0.4) is 0 Å². The number of benzene rings is 3. The molecule has 0 heterocycles. The summed E-state index contributed by atoms with van der Waals surface area (Å²) in [7, 11) is 0. The Bertz CT molecular complexity index is 925. The van der Waals surface area contributed by atoms with Crippen LogP contribution in [0.5, 0.6) is 0 Å². The lowest BCUT2D eigenvalue weighted by Crippen LogP contribution is -2.05. The molecule has 3 aromatic carbocycles. The fourth-order valence-corrected chi connectivity index (χ4v) is 2.74. The maximum absolute atomic E-state index is 14.1. The zero-order chi connectivity index (χ0) is 18.0. The van der Waals surface area contributed by atoms with Crippen LogP contribution in [-0.4, -0.2) is 0 Å². The molecule has 0 radical (unpaired) electrons. The van der Waals surface area contributed by atoms with Gasteiger partial charge in [0.2, 0.25) is 0 Å². The van der Waals surface area contributed by atoms with Crippen LogP contribution in [0.15, 0.2) is 54.6 Å². The lowest BCUT2D eigenvalue weighted by Gasteiger charge is -2.13. The number of rotatable bonds is 4. The normalized spacial score (nSPS) is 10.8. The molecule has 0 unspecified atom stereocenters. The molecule has 0 aromatic heterocycles. The van der Waals surface area contributed by atoms with Crippen molar-refractivity contribution in [2.24, 2.45) is 0 Å². The van der Waals surface area contributed by atoms with Gasteiger partial charge in [0, 0.05) is 11.6 Å². The minimum absolute atomic E-state index is 0.138. The minimum atomic E-state index is -0.666. The van der Waals surface area contributed by atoms with Crippen LogP contribution in [-0.2, 0) is 6.54 Å². The molecule has 3 rings (SSSR count). The third-order valence-electron chi connectivity index (χ3n) is 3.94. The second kappa shape index (κ2) is 7.19. The van der Waals surface area contributed by atoms with Gasteiger partial charge in [0.1, 0.15) is 17.3 Å². The van der Waals surface area contributed by atoms with E-state index in [4.69, 9.17) is 11.6 Å². The summed E-state index contributed by atoms with van der Waals surface area (Å²) in [6.07, 6.45) is 0. The van der Waals surface area contributed by atoms with Gasteiger partial charge in [0.15, 0.2) is 5.82 Å². The lowest BCUT2D eigenvalue weighted by atomic mass is 10.0. The summed E-state index contributed by atoms with van der Waals surface area (Å²) in [5.74, 6) is -1.63. The van der Waals surface area contributed by atoms with Crippen molar-refractivity contribution < 1.29 is 13.2 Å². The first-order valence-corrected chi connectivity index (χ1v) is 8.06. The van der Waals surface area contributed by atoms with Crippen molar-refractivity contribution in [1.29, 1.82) is 0 Å². The predicted molar refractivity (Wildman–Crippen MR) is 95.3 cm³/mol. The van der Waals surface area contributed by atoms with Gasteiger partial charge in [-0.15, -0.1) is 0 Å². The highest BCUT2D eigenvalue weighted by Gasteiger charge is 2.12. The number of hydrogen-bond donors (Lipinski definition) is 1. The van der Waals surface area contributed by atoms with Crippen molar-refractivity contribution in [1.82, 2.24) is 0 Å². The van der Waals surface area contributed by atoms with Gasteiger partial charge in [0.05, 0.1) is 0 Å². The average molecular weight is 362 g/mol. The first-order valence-electron chi connectivity index (χ1n) is 7.68. The molecular weight excluding hydrogens is 347 g/mol. The van der Waals surface area contributed by atoms with Crippen molar-refractivity contribution in [3.8, 4) is 11.1 Å². The van der Waals surface area contributed by atoms with Crippen LogP contribution in [0.2, 0.25) is 5.02 Å². The number of halogens is 4. The van der Waals surface area contributed by atoms with Crippen molar-refractivity contribution >= 4 is 17.3 Å². The second-order valence-corrected chi connectivity index (χ2v) is 6.13. The summed E-state index contributed by atoms with van der Waals surface area (Å²) in [6, 6.07) is 14.0. The van der Waals surface area contributed by atoms with E-state index >= 15 is 0 Å². The van der Waals surface area contributed by atoms with Gasteiger partial charge in [-0.25, -0.2) is 13.2 Å². The van der Waals surface area contributed by atoms with E-state index in [-0.39, 0.29) is 18.0 Å². The first-order chi connectivity index (χ1) is 12.0. The Morgan fingerprint density at radius 2 is 1.68 bits per heavy atom. The smallest absolute Gasteiger partial charge is 0.152 e. The van der Waals surface area contributed by atoms with Crippen LogP contribution in [0.1, 0.15) is 11.1 Å². The highest BCUT2D eigenvalue weighted by Crippen LogP contribution is 2.28. The molecule has 0 aliphatic rings. The summed E-state index contributed by atoms with van der Waals surface area (Å²) >= 11 is 6.19. The number of hydrogen-bond acceptors (Lipinski definition) is 1. The Labute approximate surface area is 149 Å². The number of anilines is 1. The Kier molecular flexibility index (Phi) is 5.00. The van der Waals surface area contributed by atoms with Gasteiger partial charge >= 0.3 is 0 Å². The molecule has 3 aromatic rings. The molecule has 0 bridgehead atoms. The van der Waals surface area contributed by atoms with Crippen LogP contribution in [0, 0.1) is 24.4 Å². The Balaban J connectivity index is 1.89. The monoisotopic (exact) mass is 361 g/mol. The lowest BCUT2D eigenvalue weighted by molar-refractivity contribution is 0.582. The SMILES string of the molecule is Cc1ccc(F)c(NCc2cc(-c3cccc(F)c3)ccc2Cl)c1F. The van der Waals surface area contributed by atoms with Gasteiger partial charge in [-0.05, 0) is 59.5 Å². The molecule has 0 atom stereocenters. The van der Waals surface area contributed by atoms with Crippen LogP contribution in [0.25, 0.3) is 11.1 Å². The zero-order valence-corrected chi connectivity index (χ0v) is 14.2. The van der Waals surface area contributed by atoms with E-state index in [0.717, 1.165) is 5.56 Å². The molecule has 1 nitrogen and oxygen atoms in total. The highest BCUT2D eigenvalue weighted by atomic mass is 35.5. The van der Waals surface area contributed by atoms with Crippen molar-refractivity contribution in [3.05, 3.63) is 88.2 Å². The first kappa shape index (κ1) is 17.4. The fraction of sp³-hybridized carbons (Fsp3) is 0.100. The zero-order valence-electron chi connectivity index (χ0n) is 13.4. The fourth-order valence-electron chi connectivity index (χ4n) is 2.56. The molecule has 0 saturated heterocycles. The van der Waals surface area contributed by atoms with Gasteiger partial charge in [0.25, 0.3) is 0 Å². The Morgan fingerprint density at radius 1 is 0.920 bits per heavy atom. The Morgan fingerprint density at radius 3 is 2.44 bits per heavy atom. The molecule has 0 aliphatic carbocycles. The van der Waals surface area contributed by atoms with Gasteiger partial charge in [-0.1, -0.05) is 35.9 Å². The van der Waals surface area contributed by atoms with Crippen LogP contribution in [0.4, 0.5) is 18.9 Å². The molecule has 0 amide bonds. The molecular formula is C20H15ClF3N. The third kappa shape index (κ3) is 3.80. The van der Waals surface area contributed by atoms with Crippen LogP contribution < -0.4 is 5.32 Å². The molecule has 0 saturated carbocycles.